The second-order valence-electron chi connectivity index (χ2n) is 24.7. The van der Waals surface area contributed by atoms with Gasteiger partial charge in [0.15, 0.2) is 0 Å². The van der Waals surface area contributed by atoms with Gasteiger partial charge in [-0.15, -0.1) is 58.0 Å². The van der Waals surface area contributed by atoms with E-state index in [1.165, 1.54) is 26.0 Å². The number of primary sulfonamides is 1. The van der Waals surface area contributed by atoms with Crippen molar-refractivity contribution in [3.05, 3.63) is 179 Å². The van der Waals surface area contributed by atoms with Crippen molar-refractivity contribution >= 4 is 206 Å². The molecule has 0 saturated carbocycles. The van der Waals surface area contributed by atoms with Gasteiger partial charge in [-0.3, -0.25) is 57.5 Å². The monoisotopic (exact) mass is 1870 g/mol. The highest BCUT2D eigenvalue weighted by molar-refractivity contribution is 8.14. The zero-order chi connectivity index (χ0) is 89.5. The minimum Gasteiger partial charge on any atom is -0.457 e. The van der Waals surface area contributed by atoms with Crippen LogP contribution in [0.3, 0.4) is 0 Å². The number of unbranched alkanes of at least 4 members (excludes halogenated alkanes) is 2. The summed E-state index contributed by atoms with van der Waals surface area (Å²) in [5, 5.41) is 24.1. The molecule has 0 aromatic heterocycles. The number of sulfonamides is 1. The number of hydrogen-bond acceptors (Lipinski definition) is 23. The highest BCUT2D eigenvalue weighted by atomic mass is 35.5. The summed E-state index contributed by atoms with van der Waals surface area (Å²) in [4.78, 5) is 167. The van der Waals surface area contributed by atoms with Crippen molar-refractivity contribution in [3.8, 4) is 0 Å². The third-order valence-electron chi connectivity index (χ3n) is 15.4. The second-order valence-corrected chi connectivity index (χ2v) is 33.2. The Morgan fingerprint density at radius 3 is 0.992 bits per heavy atom. The lowest BCUT2D eigenvalue weighted by Crippen LogP contribution is -2.48. The highest BCUT2D eigenvalue weighted by Crippen LogP contribution is 2.29. The molecule has 18 N–H and O–H groups in total. The van der Waals surface area contributed by atoms with E-state index in [2.05, 4.69) is 42.5 Å². The first kappa shape index (κ1) is 107. The molecule has 6 rings (SSSR count). The van der Waals surface area contributed by atoms with E-state index in [1.807, 2.05) is 13.8 Å². The van der Waals surface area contributed by atoms with Crippen molar-refractivity contribution in [1.82, 2.24) is 42.5 Å². The van der Waals surface area contributed by atoms with Crippen LogP contribution in [0.1, 0.15) is 136 Å². The van der Waals surface area contributed by atoms with Gasteiger partial charge in [0.05, 0.1) is 52.5 Å². The maximum atomic E-state index is 12.6. The number of hydrogen-bond donors (Lipinski definition) is 13. The van der Waals surface area contributed by atoms with E-state index in [-0.39, 0.29) is 58.7 Å². The molecule has 0 radical (unpaired) electrons. The minimum absolute atomic E-state index is 0.00104. The van der Waals surface area contributed by atoms with Crippen molar-refractivity contribution in [1.29, 1.82) is 0 Å². The van der Waals surface area contributed by atoms with Crippen LogP contribution in [0.4, 0.5) is 24.0 Å². The van der Waals surface area contributed by atoms with Gasteiger partial charge in [0.1, 0.15) is 18.1 Å². The molecular weight excluding hydrogens is 1780 g/mol. The molecule has 654 valence electrons. The number of carbonyl (C=O) groups excluding carboxylic acids is 14. The van der Waals surface area contributed by atoms with Gasteiger partial charge in [-0.25, -0.2) is 23.1 Å². The van der Waals surface area contributed by atoms with Crippen molar-refractivity contribution in [2.75, 3.05) is 68.8 Å². The van der Waals surface area contributed by atoms with Crippen LogP contribution in [0, 0.1) is 5.92 Å². The molecule has 4 atom stereocenters. The number of thioether (sulfide) groups is 5. The SMILES string of the molecule is CCC(C)C(NC(=O)c1ccccc1SC(=O)OCCCCCl)C(N)=O.C[C@@H](NC(=O)c1ccccc1SC(=O)NCCCCl)C(N)=O.C[C@H](NC(=O)c1ccccc1SC(=O)NCCCCl)C(N)=O.NC(=O)CNC(=O)c1ccccc1SC(=O)NCCCCl.NS(=O)(=O)c1ccc(CNC(=O)c2ccccc2SC(=O)OCCCCCl)cc1. The molecule has 0 fully saturated rings. The highest BCUT2D eigenvalue weighted by Gasteiger charge is 2.27. The first-order chi connectivity index (χ1) is 57.2. The Hall–Kier alpha value is -8.99. The normalized spacial score (nSPS) is 11.4. The van der Waals surface area contributed by atoms with Crippen LogP contribution >= 0.6 is 117 Å². The van der Waals surface area contributed by atoms with E-state index in [0.29, 0.717) is 145 Å². The summed E-state index contributed by atoms with van der Waals surface area (Å²) in [5.74, 6) is -2.31. The Balaban J connectivity index is 0.000000511. The average molecular weight is 1880 g/mol. The Morgan fingerprint density at radius 2 is 0.692 bits per heavy atom. The zero-order valence-corrected chi connectivity index (χ0v) is 74.6. The average Bonchev–Trinajstić information content (AvgIpc) is 0.892. The second kappa shape index (κ2) is 61.3. The van der Waals surface area contributed by atoms with Crippen molar-refractivity contribution in [2.24, 2.45) is 34.0 Å². The molecule has 0 saturated heterocycles. The van der Waals surface area contributed by atoms with E-state index >= 15 is 0 Å². The maximum absolute atomic E-state index is 12.6. The molecule has 0 heterocycles. The molecule has 0 spiro atoms. The number of benzene rings is 6. The Morgan fingerprint density at radius 1 is 0.383 bits per heavy atom. The molecule has 31 nitrogen and oxygen atoms in total. The molecule has 12 amide bonds. The number of rotatable bonds is 40. The number of amides is 12. The van der Waals surface area contributed by atoms with E-state index < -0.39 is 86.0 Å². The number of carbonyl (C=O) groups is 14. The number of primary amides is 4. The lowest BCUT2D eigenvalue weighted by atomic mass is 9.98. The third kappa shape index (κ3) is 44.5. The molecule has 0 aliphatic heterocycles. The number of halogens is 5. The summed E-state index contributed by atoms with van der Waals surface area (Å²) in [7, 11) is -3.76. The minimum atomic E-state index is -3.76. The van der Waals surface area contributed by atoms with Gasteiger partial charge in [0, 0.05) is 80.1 Å². The summed E-state index contributed by atoms with van der Waals surface area (Å²) >= 11 is 32.2. The van der Waals surface area contributed by atoms with Crippen LogP contribution in [0.5, 0.6) is 0 Å². The molecule has 0 aliphatic carbocycles. The third-order valence-corrected chi connectivity index (χ3v) is 22.1. The van der Waals surface area contributed by atoms with E-state index in [0.717, 1.165) is 71.7 Å². The van der Waals surface area contributed by atoms with Crippen molar-refractivity contribution in [2.45, 2.75) is 133 Å². The molecule has 42 heteroatoms. The Bertz CT molecular complexity index is 4380. The summed E-state index contributed by atoms with van der Waals surface area (Å²) < 4.78 is 32.8. The van der Waals surface area contributed by atoms with Crippen LogP contribution in [0.15, 0.2) is 175 Å². The zero-order valence-electron chi connectivity index (χ0n) is 65.9. The lowest BCUT2D eigenvalue weighted by molar-refractivity contribution is -0.121. The van der Waals surface area contributed by atoms with Crippen LogP contribution in [0.25, 0.3) is 0 Å². The molecule has 120 heavy (non-hydrogen) atoms. The fourth-order valence-electron chi connectivity index (χ4n) is 8.82. The van der Waals surface area contributed by atoms with Gasteiger partial charge in [-0.1, -0.05) is 93.1 Å². The van der Waals surface area contributed by atoms with Crippen molar-refractivity contribution in [3.63, 3.8) is 0 Å². The smallest absolute Gasteiger partial charge is 0.372 e. The number of alkyl halides is 5. The van der Waals surface area contributed by atoms with Crippen LogP contribution in [-0.2, 0) is 45.2 Å². The van der Waals surface area contributed by atoms with Crippen LogP contribution in [0.2, 0.25) is 0 Å². The molecule has 0 aliphatic rings. The van der Waals surface area contributed by atoms with Crippen LogP contribution in [-0.4, -0.2) is 175 Å². The number of nitrogens with two attached hydrogens (primary N) is 5. The Labute approximate surface area is 743 Å². The molecule has 0 bridgehead atoms. The molecule has 2 unspecified atom stereocenters. The topological polar surface area (TPSA) is 518 Å². The van der Waals surface area contributed by atoms with Crippen molar-refractivity contribution < 1.29 is 85.0 Å². The Kier molecular flexibility index (Phi) is 54.7. The summed E-state index contributed by atoms with van der Waals surface area (Å²) in [6.07, 6.45) is 5.61. The summed E-state index contributed by atoms with van der Waals surface area (Å²) in [5.41, 5.74) is 22.9. The van der Waals surface area contributed by atoms with Gasteiger partial charge >= 0.3 is 10.6 Å². The van der Waals surface area contributed by atoms with Gasteiger partial charge in [-0.05, 0) is 202 Å². The standard InChI is InChI=1S/C19H21ClN2O5S2.C18H25ClN2O4S.2C14H18ClN3O3S.C13H16ClN3O3S/c20-11-3-4-12-27-19(24)28-17-6-2-1-5-16(17)18(23)22-13-14-7-9-15(10-8-14)29(21,25)26;1-3-12(2)15(16(20)22)21-17(23)13-8-4-5-9-14(13)26-18(24)25-11-7-6-10-19;2*1-9(12(16)19)18-13(20)10-5-2-3-6-11(10)22-14(21)17-8-4-7-15;14-6-3-7-16-13(20)21-10-5-2-1-4-9(10)12(19)17-8-11(15)18/h1-2,5-10H,3-4,11-13H2,(H,22,23)(H2,21,25,26);4-5,8-9,12,15H,3,6-7,10-11H2,1-2H3,(H2,20,22)(H,21,23);2*2-3,5-6,9H,4,7-8H2,1H3,(H2,16,19)(H,17,21)(H,18,20);1-2,4-5H,3,6-8H2,(H2,15,18)(H,16,20)(H,17,19)/t;;2*9-;/m..10./s1. The maximum Gasteiger partial charge on any atom is 0.372 e. The summed E-state index contributed by atoms with van der Waals surface area (Å²) in [6.45, 7) is 8.67. The quantitative estimate of drug-likeness (QED) is 0.00735. The van der Waals surface area contributed by atoms with Crippen LogP contribution < -0.4 is 70.6 Å². The largest absolute Gasteiger partial charge is 0.457 e. The van der Waals surface area contributed by atoms with E-state index in [4.69, 9.17) is 95.6 Å². The predicted octanol–water partition coefficient (Wildman–Crippen LogP) is 11.8. The van der Waals surface area contributed by atoms with Gasteiger partial charge < -0.3 is 74.9 Å². The van der Waals surface area contributed by atoms with Gasteiger partial charge in [0.2, 0.25) is 33.7 Å². The molecule has 6 aromatic rings. The van der Waals surface area contributed by atoms with E-state index in [9.17, 15) is 75.5 Å². The summed E-state index contributed by atoms with van der Waals surface area (Å²) in [6, 6.07) is 36.8. The molecule has 6 aromatic carbocycles. The first-order valence-electron chi connectivity index (χ1n) is 36.7. The van der Waals surface area contributed by atoms with Gasteiger partial charge in [0.25, 0.3) is 45.3 Å². The fourth-order valence-corrected chi connectivity index (χ4v) is 14.0. The molecular formula is C78H98Cl5N13O18S6. The predicted molar refractivity (Wildman–Crippen MR) is 473 cm³/mol. The van der Waals surface area contributed by atoms with Gasteiger partial charge in [-0.2, -0.15) is 0 Å². The lowest BCUT2D eigenvalue weighted by Gasteiger charge is -2.21. The number of nitrogens with one attached hydrogen (secondary N) is 8. The first-order valence-corrected chi connectivity index (χ1v) is 45.0. The fraction of sp³-hybridized carbons (Fsp3) is 0.359. The van der Waals surface area contributed by atoms with E-state index in [1.54, 1.807) is 133 Å². The number of ether oxygens (including phenoxy) is 2.